The van der Waals surface area contributed by atoms with Crippen molar-refractivity contribution >= 4 is 0 Å². The normalized spacial score (nSPS) is 28.1. The van der Waals surface area contributed by atoms with Crippen molar-refractivity contribution in [3.05, 3.63) is 24.3 Å². The summed E-state index contributed by atoms with van der Waals surface area (Å²) in [6.07, 6.45) is 6.81. The van der Waals surface area contributed by atoms with Gasteiger partial charge in [0.1, 0.15) is 17.6 Å². The third-order valence-corrected chi connectivity index (χ3v) is 5.01. The zero-order valence-electron chi connectivity index (χ0n) is 11.8. The number of methoxy groups -OCH3 is 1. The van der Waals surface area contributed by atoms with Crippen LogP contribution < -0.4 is 14.8 Å². The molecule has 3 nitrogen and oxygen atoms in total. The fourth-order valence-electron chi connectivity index (χ4n) is 3.84. The topological polar surface area (TPSA) is 30.5 Å². The molecular weight excluding hydrogens is 238 g/mol. The molecule has 1 N–H and O–H groups in total. The van der Waals surface area contributed by atoms with Gasteiger partial charge in [-0.05, 0) is 44.2 Å². The van der Waals surface area contributed by atoms with E-state index in [-0.39, 0.29) is 0 Å². The van der Waals surface area contributed by atoms with E-state index in [2.05, 4.69) is 12.4 Å². The van der Waals surface area contributed by atoms with Gasteiger partial charge < -0.3 is 14.8 Å². The summed E-state index contributed by atoms with van der Waals surface area (Å²) in [6.45, 7) is 0. The van der Waals surface area contributed by atoms with Gasteiger partial charge in [0, 0.05) is 17.9 Å². The van der Waals surface area contributed by atoms with Gasteiger partial charge in [-0.25, -0.2) is 0 Å². The Morgan fingerprint density at radius 3 is 2.32 bits per heavy atom. The Balaban J connectivity index is 1.69. The Morgan fingerprint density at radius 2 is 1.74 bits per heavy atom. The Morgan fingerprint density at radius 1 is 1.11 bits per heavy atom. The van der Waals surface area contributed by atoms with Gasteiger partial charge in [-0.3, -0.25) is 0 Å². The molecule has 1 aromatic carbocycles. The molecule has 2 aliphatic carbocycles. The van der Waals surface area contributed by atoms with Crippen molar-refractivity contribution in [1.29, 1.82) is 0 Å². The van der Waals surface area contributed by atoms with E-state index in [0.29, 0.717) is 17.6 Å². The molecule has 2 unspecified atom stereocenters. The molecule has 2 aliphatic rings. The van der Waals surface area contributed by atoms with Gasteiger partial charge in [-0.15, -0.1) is 0 Å². The van der Waals surface area contributed by atoms with Crippen molar-refractivity contribution < 1.29 is 9.47 Å². The number of hydrogen-bond donors (Lipinski definition) is 1. The summed E-state index contributed by atoms with van der Waals surface area (Å²) in [5.41, 5.74) is 0.384. The maximum absolute atomic E-state index is 6.22. The van der Waals surface area contributed by atoms with Gasteiger partial charge in [0.15, 0.2) is 0 Å². The maximum Gasteiger partial charge on any atom is 0.120 e. The molecule has 0 amide bonds. The summed E-state index contributed by atoms with van der Waals surface area (Å²) in [4.78, 5) is 0. The predicted molar refractivity (Wildman–Crippen MR) is 75.8 cm³/mol. The molecule has 0 bridgehead atoms. The molecule has 1 spiro atoms. The smallest absolute Gasteiger partial charge is 0.120 e. The molecule has 0 aliphatic heterocycles. The summed E-state index contributed by atoms with van der Waals surface area (Å²) in [7, 11) is 3.77. The second-order valence-electron chi connectivity index (χ2n) is 5.80. The molecule has 0 radical (unpaired) electrons. The average Bonchev–Trinajstić information content (AvgIpc) is 2.96. The molecule has 19 heavy (non-hydrogen) atoms. The minimum atomic E-state index is 0.376. The van der Waals surface area contributed by atoms with E-state index in [1.54, 1.807) is 7.11 Å². The highest BCUT2D eigenvalue weighted by Gasteiger charge is 2.56. The zero-order valence-corrected chi connectivity index (χ0v) is 11.8. The summed E-state index contributed by atoms with van der Waals surface area (Å²) >= 11 is 0. The molecule has 0 heterocycles. The molecule has 2 atom stereocenters. The summed E-state index contributed by atoms with van der Waals surface area (Å²) in [5.74, 6) is 1.84. The number of nitrogens with one attached hydrogen (secondary N) is 1. The van der Waals surface area contributed by atoms with E-state index in [0.717, 1.165) is 17.9 Å². The Kier molecular flexibility index (Phi) is 3.40. The van der Waals surface area contributed by atoms with Crippen LogP contribution in [-0.2, 0) is 0 Å². The van der Waals surface area contributed by atoms with Crippen molar-refractivity contribution in [2.45, 2.75) is 44.2 Å². The monoisotopic (exact) mass is 261 g/mol. The van der Waals surface area contributed by atoms with Gasteiger partial charge in [-0.1, -0.05) is 12.8 Å². The van der Waals surface area contributed by atoms with Crippen LogP contribution in [-0.4, -0.2) is 26.3 Å². The van der Waals surface area contributed by atoms with Crippen LogP contribution in [0.5, 0.6) is 11.5 Å². The minimum Gasteiger partial charge on any atom is -0.497 e. The first-order valence-corrected chi connectivity index (χ1v) is 7.26. The third-order valence-electron chi connectivity index (χ3n) is 5.01. The van der Waals surface area contributed by atoms with Crippen molar-refractivity contribution in [3.63, 3.8) is 0 Å². The van der Waals surface area contributed by atoms with E-state index >= 15 is 0 Å². The lowest BCUT2D eigenvalue weighted by molar-refractivity contribution is -0.0736. The Bertz CT molecular complexity index is 423. The first-order valence-electron chi connectivity index (χ1n) is 7.26. The van der Waals surface area contributed by atoms with E-state index in [1.807, 2.05) is 24.3 Å². The zero-order chi connectivity index (χ0) is 13.3. The van der Waals surface area contributed by atoms with Crippen molar-refractivity contribution in [2.75, 3.05) is 14.2 Å². The molecule has 2 fully saturated rings. The SMILES string of the molecule is CNC1CC(Oc2ccc(OC)cc2)C12CCCC2. The lowest BCUT2D eigenvalue weighted by Gasteiger charge is -2.53. The summed E-state index contributed by atoms with van der Waals surface area (Å²) in [5, 5.41) is 3.47. The fraction of sp³-hybridized carbons (Fsp3) is 0.625. The highest BCUT2D eigenvalue weighted by molar-refractivity contribution is 5.32. The summed E-state index contributed by atoms with van der Waals surface area (Å²) < 4.78 is 11.4. The van der Waals surface area contributed by atoms with Crippen molar-refractivity contribution in [2.24, 2.45) is 5.41 Å². The average molecular weight is 261 g/mol. The maximum atomic E-state index is 6.22. The Hall–Kier alpha value is -1.22. The highest BCUT2D eigenvalue weighted by Crippen LogP contribution is 2.54. The Labute approximate surface area is 115 Å². The van der Waals surface area contributed by atoms with Crippen LogP contribution in [0.25, 0.3) is 0 Å². The van der Waals surface area contributed by atoms with Crippen LogP contribution in [0.1, 0.15) is 32.1 Å². The molecule has 104 valence electrons. The fourth-order valence-corrected chi connectivity index (χ4v) is 3.84. The molecule has 1 aromatic rings. The molecule has 3 heteroatoms. The first kappa shape index (κ1) is 12.8. The van der Waals surface area contributed by atoms with Crippen LogP contribution in [0.2, 0.25) is 0 Å². The van der Waals surface area contributed by atoms with E-state index < -0.39 is 0 Å². The largest absolute Gasteiger partial charge is 0.497 e. The van der Waals surface area contributed by atoms with Gasteiger partial charge >= 0.3 is 0 Å². The molecule has 2 saturated carbocycles. The van der Waals surface area contributed by atoms with Crippen molar-refractivity contribution in [3.8, 4) is 11.5 Å². The van der Waals surface area contributed by atoms with Crippen LogP contribution in [0.3, 0.4) is 0 Å². The minimum absolute atomic E-state index is 0.376. The lowest BCUT2D eigenvalue weighted by Crippen LogP contribution is -2.63. The highest BCUT2D eigenvalue weighted by atomic mass is 16.5. The van der Waals surface area contributed by atoms with Crippen LogP contribution >= 0.6 is 0 Å². The summed E-state index contributed by atoms with van der Waals surface area (Å²) in [6, 6.07) is 8.58. The van der Waals surface area contributed by atoms with Gasteiger partial charge in [0.2, 0.25) is 0 Å². The van der Waals surface area contributed by atoms with Crippen LogP contribution in [0.4, 0.5) is 0 Å². The molecule has 0 saturated heterocycles. The second kappa shape index (κ2) is 5.04. The molecular formula is C16H23NO2. The van der Waals surface area contributed by atoms with Gasteiger partial charge in [0.05, 0.1) is 7.11 Å². The molecule has 3 rings (SSSR count). The van der Waals surface area contributed by atoms with Gasteiger partial charge in [0.25, 0.3) is 0 Å². The van der Waals surface area contributed by atoms with Crippen LogP contribution in [0.15, 0.2) is 24.3 Å². The molecule has 0 aromatic heterocycles. The lowest BCUT2D eigenvalue weighted by atomic mass is 9.60. The van der Waals surface area contributed by atoms with E-state index in [1.165, 1.54) is 25.7 Å². The van der Waals surface area contributed by atoms with Gasteiger partial charge in [-0.2, -0.15) is 0 Å². The van der Waals surface area contributed by atoms with E-state index in [4.69, 9.17) is 9.47 Å². The number of rotatable bonds is 4. The standard InChI is InChI=1S/C16H23NO2/c1-17-14-11-15(16(14)9-3-4-10-16)19-13-7-5-12(18-2)6-8-13/h5-8,14-15,17H,3-4,9-11H2,1-2H3. The quantitative estimate of drug-likeness (QED) is 0.904. The second-order valence-corrected chi connectivity index (χ2v) is 5.80. The van der Waals surface area contributed by atoms with Crippen LogP contribution in [0, 0.1) is 5.41 Å². The number of hydrogen-bond acceptors (Lipinski definition) is 3. The first-order chi connectivity index (χ1) is 9.28. The number of ether oxygens (including phenoxy) is 2. The number of benzene rings is 1. The van der Waals surface area contributed by atoms with Crippen molar-refractivity contribution in [1.82, 2.24) is 5.32 Å². The predicted octanol–water partition coefficient (Wildman–Crippen LogP) is 2.99. The third kappa shape index (κ3) is 2.10. The van der Waals surface area contributed by atoms with E-state index in [9.17, 15) is 0 Å².